The van der Waals surface area contributed by atoms with Gasteiger partial charge in [0.25, 0.3) is 0 Å². The predicted molar refractivity (Wildman–Crippen MR) is 112 cm³/mol. The molecule has 0 spiro atoms. The number of benzene rings is 2. The molecule has 2 aromatic carbocycles. The molecule has 0 aliphatic carbocycles. The molecule has 5 nitrogen and oxygen atoms in total. The van der Waals surface area contributed by atoms with Gasteiger partial charge < -0.3 is 14.6 Å². The summed E-state index contributed by atoms with van der Waals surface area (Å²) in [5.74, 6) is 0.792. The van der Waals surface area contributed by atoms with Crippen LogP contribution in [-0.2, 0) is 11.3 Å². The monoisotopic (exact) mass is 384 g/mol. The third kappa shape index (κ3) is 6.91. The second-order valence-corrected chi connectivity index (χ2v) is 7.39. The van der Waals surface area contributed by atoms with E-state index in [0.717, 1.165) is 51.7 Å². The molecular weight excluding hydrogens is 352 g/mol. The maximum atomic E-state index is 10.6. The van der Waals surface area contributed by atoms with E-state index in [2.05, 4.69) is 41.0 Å². The minimum Gasteiger partial charge on any atom is -0.491 e. The highest BCUT2D eigenvalue weighted by atomic mass is 16.5. The van der Waals surface area contributed by atoms with E-state index in [4.69, 9.17) is 9.47 Å². The lowest BCUT2D eigenvalue weighted by Crippen LogP contribution is -2.43. The van der Waals surface area contributed by atoms with Gasteiger partial charge in [0.05, 0.1) is 13.2 Å². The maximum absolute atomic E-state index is 10.6. The van der Waals surface area contributed by atoms with Gasteiger partial charge >= 0.3 is 0 Å². The average molecular weight is 385 g/mol. The van der Waals surface area contributed by atoms with Crippen LogP contribution in [0.3, 0.4) is 0 Å². The van der Waals surface area contributed by atoms with Gasteiger partial charge in [-0.1, -0.05) is 42.5 Å². The highest BCUT2D eigenvalue weighted by molar-refractivity contribution is 5.25. The van der Waals surface area contributed by atoms with Gasteiger partial charge in [-0.15, -0.1) is 0 Å². The van der Waals surface area contributed by atoms with E-state index in [-0.39, 0.29) is 0 Å². The van der Waals surface area contributed by atoms with Crippen LogP contribution in [0.25, 0.3) is 0 Å². The van der Waals surface area contributed by atoms with E-state index in [0.29, 0.717) is 13.2 Å². The standard InChI is InChI=1S/C23H32N2O3/c1-20-7-5-6-8-21(20)17-25(12-11-24-13-15-27-16-14-24)18-22(26)19-28-23-9-3-2-4-10-23/h2-10,22,26H,11-19H2,1H3/t22-/m0/s1. The number of para-hydroxylation sites is 1. The first-order chi connectivity index (χ1) is 13.7. The zero-order valence-electron chi connectivity index (χ0n) is 16.8. The third-order valence-electron chi connectivity index (χ3n) is 5.15. The fraction of sp³-hybridized carbons (Fsp3) is 0.478. The van der Waals surface area contributed by atoms with Gasteiger partial charge in [0.2, 0.25) is 0 Å². The molecule has 1 fully saturated rings. The molecule has 1 aliphatic heterocycles. The van der Waals surface area contributed by atoms with Crippen molar-refractivity contribution in [3.63, 3.8) is 0 Å². The number of nitrogens with zero attached hydrogens (tertiary/aromatic N) is 2. The second kappa shape index (κ2) is 11.2. The summed E-state index contributed by atoms with van der Waals surface area (Å²) < 4.78 is 11.2. The minimum atomic E-state index is -0.533. The predicted octanol–water partition coefficient (Wildman–Crippen LogP) is 2.57. The molecule has 1 N–H and O–H groups in total. The number of aliphatic hydroxyl groups excluding tert-OH is 1. The molecule has 0 saturated carbocycles. The Morgan fingerprint density at radius 2 is 1.79 bits per heavy atom. The van der Waals surface area contributed by atoms with E-state index < -0.39 is 6.10 Å². The normalized spacial score (nSPS) is 16.2. The van der Waals surface area contributed by atoms with Gasteiger partial charge in [-0.25, -0.2) is 0 Å². The van der Waals surface area contributed by atoms with Crippen LogP contribution >= 0.6 is 0 Å². The Morgan fingerprint density at radius 3 is 2.54 bits per heavy atom. The van der Waals surface area contributed by atoms with Crippen LogP contribution in [0.5, 0.6) is 5.75 Å². The van der Waals surface area contributed by atoms with Crippen molar-refractivity contribution in [3.8, 4) is 5.75 Å². The van der Waals surface area contributed by atoms with Crippen molar-refractivity contribution in [2.75, 3.05) is 52.5 Å². The van der Waals surface area contributed by atoms with Crippen LogP contribution in [0, 0.1) is 6.92 Å². The molecule has 152 valence electrons. The fourth-order valence-electron chi connectivity index (χ4n) is 3.43. The summed E-state index contributed by atoms with van der Waals surface area (Å²) in [6.07, 6.45) is -0.533. The smallest absolute Gasteiger partial charge is 0.119 e. The Bertz CT molecular complexity index is 689. The van der Waals surface area contributed by atoms with Gasteiger partial charge in [0, 0.05) is 39.3 Å². The molecule has 2 aromatic rings. The van der Waals surface area contributed by atoms with Crippen molar-refractivity contribution in [2.45, 2.75) is 19.6 Å². The van der Waals surface area contributed by atoms with Crippen molar-refractivity contribution >= 4 is 0 Å². The van der Waals surface area contributed by atoms with Crippen LogP contribution in [0.4, 0.5) is 0 Å². The van der Waals surface area contributed by atoms with Gasteiger partial charge in [-0.3, -0.25) is 9.80 Å². The lowest BCUT2D eigenvalue weighted by atomic mass is 10.1. The van der Waals surface area contributed by atoms with E-state index >= 15 is 0 Å². The molecule has 1 saturated heterocycles. The zero-order valence-corrected chi connectivity index (χ0v) is 16.8. The lowest BCUT2D eigenvalue weighted by molar-refractivity contribution is 0.0255. The van der Waals surface area contributed by atoms with Crippen LogP contribution < -0.4 is 4.74 Å². The van der Waals surface area contributed by atoms with Gasteiger partial charge in [-0.05, 0) is 30.2 Å². The first-order valence-corrected chi connectivity index (χ1v) is 10.1. The number of ether oxygens (including phenoxy) is 2. The highest BCUT2D eigenvalue weighted by Crippen LogP contribution is 2.13. The summed E-state index contributed by atoms with van der Waals surface area (Å²) in [6.45, 7) is 9.35. The molecule has 0 amide bonds. The van der Waals surface area contributed by atoms with Crippen molar-refractivity contribution in [3.05, 3.63) is 65.7 Å². The Morgan fingerprint density at radius 1 is 1.07 bits per heavy atom. The quantitative estimate of drug-likeness (QED) is 0.682. The van der Waals surface area contributed by atoms with Crippen LogP contribution in [-0.4, -0.2) is 73.6 Å². The number of rotatable bonds is 10. The van der Waals surface area contributed by atoms with Crippen molar-refractivity contribution in [1.82, 2.24) is 9.80 Å². The van der Waals surface area contributed by atoms with Gasteiger partial charge in [0.15, 0.2) is 0 Å². The summed E-state index contributed by atoms with van der Waals surface area (Å²) >= 11 is 0. The average Bonchev–Trinajstić information content (AvgIpc) is 2.73. The summed E-state index contributed by atoms with van der Waals surface area (Å²) in [7, 11) is 0. The van der Waals surface area contributed by atoms with Crippen LogP contribution in [0.1, 0.15) is 11.1 Å². The summed E-state index contributed by atoms with van der Waals surface area (Å²) in [6, 6.07) is 18.1. The number of aryl methyl sites for hydroxylation is 1. The molecular formula is C23H32N2O3. The molecule has 3 rings (SSSR count). The van der Waals surface area contributed by atoms with Gasteiger partial charge in [-0.2, -0.15) is 0 Å². The molecule has 0 unspecified atom stereocenters. The van der Waals surface area contributed by atoms with E-state index in [9.17, 15) is 5.11 Å². The first kappa shape index (κ1) is 20.8. The van der Waals surface area contributed by atoms with Crippen molar-refractivity contribution < 1.29 is 14.6 Å². The first-order valence-electron chi connectivity index (χ1n) is 10.1. The Hall–Kier alpha value is -1.92. The number of aliphatic hydroxyl groups is 1. The molecule has 28 heavy (non-hydrogen) atoms. The maximum Gasteiger partial charge on any atom is 0.119 e. The molecule has 0 bridgehead atoms. The van der Waals surface area contributed by atoms with Crippen LogP contribution in [0.15, 0.2) is 54.6 Å². The molecule has 1 aliphatic rings. The second-order valence-electron chi connectivity index (χ2n) is 7.39. The highest BCUT2D eigenvalue weighted by Gasteiger charge is 2.17. The molecule has 0 aromatic heterocycles. The van der Waals surface area contributed by atoms with Crippen molar-refractivity contribution in [2.24, 2.45) is 0 Å². The number of morpholine rings is 1. The Kier molecular flexibility index (Phi) is 8.30. The molecule has 1 atom stereocenters. The van der Waals surface area contributed by atoms with Crippen LogP contribution in [0.2, 0.25) is 0 Å². The minimum absolute atomic E-state index is 0.297. The van der Waals surface area contributed by atoms with Crippen molar-refractivity contribution in [1.29, 1.82) is 0 Å². The topological polar surface area (TPSA) is 45.2 Å². The number of hydrogen-bond acceptors (Lipinski definition) is 5. The summed E-state index contributed by atoms with van der Waals surface area (Å²) in [5.41, 5.74) is 2.59. The molecule has 0 radical (unpaired) electrons. The SMILES string of the molecule is Cc1ccccc1CN(CCN1CCOCC1)C[C@H](O)COc1ccccc1. The Labute approximate surface area is 168 Å². The molecule has 5 heteroatoms. The summed E-state index contributed by atoms with van der Waals surface area (Å²) in [5, 5.41) is 10.6. The van der Waals surface area contributed by atoms with E-state index in [1.54, 1.807) is 0 Å². The fourth-order valence-corrected chi connectivity index (χ4v) is 3.43. The van der Waals surface area contributed by atoms with Gasteiger partial charge in [0.1, 0.15) is 18.5 Å². The van der Waals surface area contributed by atoms with E-state index in [1.165, 1.54) is 11.1 Å². The number of hydrogen-bond donors (Lipinski definition) is 1. The largest absolute Gasteiger partial charge is 0.491 e. The lowest BCUT2D eigenvalue weighted by Gasteiger charge is -2.31. The van der Waals surface area contributed by atoms with E-state index in [1.807, 2.05) is 30.3 Å². The zero-order chi connectivity index (χ0) is 19.6. The Balaban J connectivity index is 1.55. The summed E-state index contributed by atoms with van der Waals surface area (Å²) in [4.78, 5) is 4.76. The molecule has 1 heterocycles. The third-order valence-corrected chi connectivity index (χ3v) is 5.15.